The molecule has 21 heavy (non-hydrogen) atoms. The number of rotatable bonds is 3. The van der Waals surface area contributed by atoms with Gasteiger partial charge in [-0.05, 0) is 35.9 Å². The molecule has 0 fully saturated rings. The third kappa shape index (κ3) is 3.93. The van der Waals surface area contributed by atoms with Crippen LogP contribution in [0, 0.1) is 22.7 Å². The molecule has 0 atom stereocenters. The Morgan fingerprint density at radius 1 is 1.14 bits per heavy atom. The smallest absolute Gasteiger partial charge is 0.353 e. The van der Waals surface area contributed by atoms with Crippen LogP contribution in [0.25, 0.3) is 6.08 Å². The van der Waals surface area contributed by atoms with Gasteiger partial charge < -0.3 is 4.74 Å². The summed E-state index contributed by atoms with van der Waals surface area (Å²) in [6.07, 6.45) is 1.45. The fourth-order valence-electron chi connectivity index (χ4n) is 1.47. The summed E-state index contributed by atoms with van der Waals surface area (Å²) in [5, 5.41) is 17.3. The molecule has 0 amide bonds. The van der Waals surface area contributed by atoms with Crippen molar-refractivity contribution in [3.8, 4) is 17.9 Å². The average molecular weight is 315 g/mol. The van der Waals surface area contributed by atoms with E-state index in [4.69, 9.17) is 26.9 Å². The van der Waals surface area contributed by atoms with E-state index < -0.39 is 5.97 Å². The van der Waals surface area contributed by atoms with Crippen LogP contribution in [-0.2, 0) is 0 Å². The standard InChI is InChI=1S/C15H7ClN2O2S/c16-14-6-5-13(21-14)15(19)20-12-3-1-10(2-4-12)7-11(8-17)9-18/h1-7H. The Labute approximate surface area is 130 Å². The van der Waals surface area contributed by atoms with E-state index in [9.17, 15) is 4.79 Å². The third-order valence-electron chi connectivity index (χ3n) is 2.42. The van der Waals surface area contributed by atoms with Gasteiger partial charge >= 0.3 is 5.97 Å². The van der Waals surface area contributed by atoms with Crippen LogP contribution >= 0.6 is 22.9 Å². The summed E-state index contributed by atoms with van der Waals surface area (Å²) < 4.78 is 5.71. The fraction of sp³-hybridized carbons (Fsp3) is 0. The second kappa shape index (κ2) is 6.71. The van der Waals surface area contributed by atoms with Gasteiger partial charge in [-0.15, -0.1) is 11.3 Å². The molecule has 6 heteroatoms. The van der Waals surface area contributed by atoms with Crippen molar-refractivity contribution in [1.82, 2.24) is 0 Å². The van der Waals surface area contributed by atoms with Gasteiger partial charge in [-0.2, -0.15) is 10.5 Å². The van der Waals surface area contributed by atoms with E-state index in [0.29, 0.717) is 20.5 Å². The van der Waals surface area contributed by atoms with Crippen LogP contribution < -0.4 is 4.74 Å². The number of esters is 1. The van der Waals surface area contributed by atoms with Crippen molar-refractivity contribution in [2.45, 2.75) is 0 Å². The molecule has 0 saturated carbocycles. The first-order valence-electron chi connectivity index (χ1n) is 5.72. The molecule has 0 aliphatic carbocycles. The Morgan fingerprint density at radius 2 is 1.81 bits per heavy atom. The highest BCUT2D eigenvalue weighted by atomic mass is 35.5. The van der Waals surface area contributed by atoms with Crippen molar-refractivity contribution in [3.63, 3.8) is 0 Å². The van der Waals surface area contributed by atoms with Gasteiger partial charge in [-0.1, -0.05) is 23.7 Å². The summed E-state index contributed by atoms with van der Waals surface area (Å²) in [6.45, 7) is 0. The summed E-state index contributed by atoms with van der Waals surface area (Å²) in [6, 6.07) is 13.3. The zero-order valence-corrected chi connectivity index (χ0v) is 12.1. The lowest BCUT2D eigenvalue weighted by Gasteiger charge is -2.02. The van der Waals surface area contributed by atoms with Gasteiger partial charge in [0.1, 0.15) is 28.3 Å². The molecule has 0 bridgehead atoms. The molecular weight excluding hydrogens is 308 g/mol. The lowest BCUT2D eigenvalue weighted by molar-refractivity contribution is 0.0740. The van der Waals surface area contributed by atoms with Crippen LogP contribution in [0.15, 0.2) is 42.0 Å². The Morgan fingerprint density at radius 3 is 2.33 bits per heavy atom. The summed E-state index contributed by atoms with van der Waals surface area (Å²) in [7, 11) is 0. The number of carbonyl (C=O) groups excluding carboxylic acids is 1. The van der Waals surface area contributed by atoms with E-state index in [1.807, 2.05) is 0 Å². The predicted molar refractivity (Wildman–Crippen MR) is 79.9 cm³/mol. The van der Waals surface area contributed by atoms with Crippen molar-refractivity contribution in [2.75, 3.05) is 0 Å². The maximum absolute atomic E-state index is 11.8. The number of halogens is 1. The number of benzene rings is 1. The van der Waals surface area contributed by atoms with Gasteiger partial charge in [0.15, 0.2) is 0 Å². The summed E-state index contributed by atoms with van der Waals surface area (Å²) in [5.74, 6) is -0.109. The summed E-state index contributed by atoms with van der Waals surface area (Å²) >= 11 is 6.90. The highest BCUT2D eigenvalue weighted by Crippen LogP contribution is 2.23. The maximum atomic E-state index is 11.8. The third-order valence-corrected chi connectivity index (χ3v) is 3.63. The predicted octanol–water partition coefficient (Wildman–Crippen LogP) is 4.05. The number of nitrogens with zero attached hydrogens (tertiary/aromatic N) is 2. The molecule has 102 valence electrons. The fourth-order valence-corrected chi connectivity index (χ4v) is 2.39. The summed E-state index contributed by atoms with van der Waals surface area (Å²) in [4.78, 5) is 12.2. The van der Waals surface area contributed by atoms with Crippen molar-refractivity contribution in [3.05, 3.63) is 56.7 Å². The first-order valence-corrected chi connectivity index (χ1v) is 6.91. The molecule has 0 spiro atoms. The molecule has 1 aromatic carbocycles. The van der Waals surface area contributed by atoms with Gasteiger partial charge in [-0.3, -0.25) is 0 Å². The molecule has 2 aromatic rings. The zero-order chi connectivity index (χ0) is 15.2. The second-order valence-electron chi connectivity index (χ2n) is 3.84. The largest absolute Gasteiger partial charge is 0.422 e. The monoisotopic (exact) mass is 314 g/mol. The molecular formula is C15H7ClN2O2S. The van der Waals surface area contributed by atoms with Crippen molar-refractivity contribution >= 4 is 35.0 Å². The minimum Gasteiger partial charge on any atom is -0.422 e. The van der Waals surface area contributed by atoms with E-state index in [2.05, 4.69) is 0 Å². The van der Waals surface area contributed by atoms with Crippen LogP contribution in [0.2, 0.25) is 4.34 Å². The van der Waals surface area contributed by atoms with Crippen LogP contribution in [0.1, 0.15) is 15.2 Å². The van der Waals surface area contributed by atoms with Gasteiger partial charge in [0.25, 0.3) is 0 Å². The minimum absolute atomic E-state index is 0.00738. The molecule has 0 aliphatic heterocycles. The first-order chi connectivity index (χ1) is 10.1. The minimum atomic E-state index is -0.482. The van der Waals surface area contributed by atoms with Crippen LogP contribution in [0.3, 0.4) is 0 Å². The van der Waals surface area contributed by atoms with Crippen molar-refractivity contribution in [1.29, 1.82) is 10.5 Å². The van der Waals surface area contributed by atoms with E-state index in [1.54, 1.807) is 48.5 Å². The SMILES string of the molecule is N#CC(C#N)=Cc1ccc(OC(=O)c2ccc(Cl)s2)cc1. The number of nitriles is 2. The van der Waals surface area contributed by atoms with Gasteiger partial charge in [0.2, 0.25) is 0 Å². The van der Waals surface area contributed by atoms with Crippen molar-refractivity contribution < 1.29 is 9.53 Å². The molecule has 0 saturated heterocycles. The second-order valence-corrected chi connectivity index (χ2v) is 5.56. The van der Waals surface area contributed by atoms with E-state index in [0.717, 1.165) is 11.3 Å². The molecule has 0 aliphatic rings. The number of ether oxygens (including phenoxy) is 1. The highest BCUT2D eigenvalue weighted by molar-refractivity contribution is 7.17. The van der Waals surface area contributed by atoms with Gasteiger partial charge in [0.05, 0.1) is 4.34 Å². The normalized spacial score (nSPS) is 9.29. The zero-order valence-electron chi connectivity index (χ0n) is 10.5. The summed E-state index contributed by atoms with van der Waals surface area (Å²) in [5.41, 5.74) is 0.681. The highest BCUT2D eigenvalue weighted by Gasteiger charge is 2.11. The Balaban J connectivity index is 2.10. The Kier molecular flexibility index (Phi) is 4.73. The molecule has 0 radical (unpaired) electrons. The number of hydrogen-bond acceptors (Lipinski definition) is 5. The number of allylic oxidation sites excluding steroid dienone is 1. The molecule has 2 rings (SSSR count). The van der Waals surface area contributed by atoms with Gasteiger partial charge in [0, 0.05) is 0 Å². The van der Waals surface area contributed by atoms with Gasteiger partial charge in [-0.25, -0.2) is 4.79 Å². The van der Waals surface area contributed by atoms with Crippen LogP contribution in [0.4, 0.5) is 0 Å². The topological polar surface area (TPSA) is 73.9 Å². The number of thiophene rings is 1. The quantitative estimate of drug-likeness (QED) is 0.486. The van der Waals surface area contributed by atoms with Crippen LogP contribution in [0.5, 0.6) is 5.75 Å². The first kappa shape index (κ1) is 14.8. The average Bonchev–Trinajstić information content (AvgIpc) is 2.93. The van der Waals surface area contributed by atoms with Crippen LogP contribution in [-0.4, -0.2) is 5.97 Å². The molecule has 1 aromatic heterocycles. The Bertz CT molecular complexity index is 763. The van der Waals surface area contributed by atoms with E-state index in [1.165, 1.54) is 6.08 Å². The molecule has 4 nitrogen and oxygen atoms in total. The maximum Gasteiger partial charge on any atom is 0.353 e. The number of hydrogen-bond donors (Lipinski definition) is 0. The molecule has 0 unspecified atom stereocenters. The lowest BCUT2D eigenvalue weighted by Crippen LogP contribution is -2.06. The lowest BCUT2D eigenvalue weighted by atomic mass is 10.1. The van der Waals surface area contributed by atoms with E-state index >= 15 is 0 Å². The van der Waals surface area contributed by atoms with E-state index in [-0.39, 0.29) is 5.57 Å². The Hall–Kier alpha value is -2.60. The van der Waals surface area contributed by atoms with Crippen molar-refractivity contribution in [2.24, 2.45) is 0 Å². The molecule has 0 N–H and O–H groups in total. The molecule has 1 heterocycles. The number of carbonyl (C=O) groups is 1.